The van der Waals surface area contributed by atoms with Crippen LogP contribution in [0.1, 0.15) is 11.3 Å². The van der Waals surface area contributed by atoms with Gasteiger partial charge in [0.15, 0.2) is 0 Å². The first kappa shape index (κ1) is 15.9. The van der Waals surface area contributed by atoms with Crippen molar-refractivity contribution in [3.05, 3.63) is 82.4 Å². The molecule has 0 aliphatic carbocycles. The summed E-state index contributed by atoms with van der Waals surface area (Å²) in [5.74, 6) is 0.333. The summed E-state index contributed by atoms with van der Waals surface area (Å²) in [6.45, 7) is 2.02. The third-order valence-electron chi connectivity index (χ3n) is 3.98. The van der Waals surface area contributed by atoms with Crippen LogP contribution in [0.3, 0.4) is 0 Å². The van der Waals surface area contributed by atoms with Crippen LogP contribution in [0.5, 0.6) is 0 Å². The van der Waals surface area contributed by atoms with Crippen LogP contribution in [-0.2, 0) is 4.79 Å². The molecule has 26 heavy (non-hydrogen) atoms. The molecule has 2 heterocycles. The molecular formula is C21H15NO4. The zero-order chi connectivity index (χ0) is 18.1. The Morgan fingerprint density at radius 2 is 1.73 bits per heavy atom. The van der Waals surface area contributed by atoms with Crippen molar-refractivity contribution in [1.82, 2.24) is 0 Å². The van der Waals surface area contributed by atoms with E-state index < -0.39 is 5.63 Å². The van der Waals surface area contributed by atoms with E-state index in [1.807, 2.05) is 31.2 Å². The number of carbonyl (C=O) groups excluding carboxylic acids is 1. The second-order valence-corrected chi connectivity index (χ2v) is 6.02. The molecule has 1 N–H and O–H groups in total. The van der Waals surface area contributed by atoms with Gasteiger partial charge in [0.2, 0.25) is 5.91 Å². The van der Waals surface area contributed by atoms with Crippen molar-refractivity contribution in [1.29, 1.82) is 0 Å². The molecular weight excluding hydrogens is 330 g/mol. The predicted molar refractivity (Wildman–Crippen MR) is 101 cm³/mol. The van der Waals surface area contributed by atoms with E-state index in [4.69, 9.17) is 8.83 Å². The highest BCUT2D eigenvalue weighted by molar-refractivity contribution is 6.02. The van der Waals surface area contributed by atoms with Gasteiger partial charge in [-0.05, 0) is 55.5 Å². The third-order valence-corrected chi connectivity index (χ3v) is 3.98. The van der Waals surface area contributed by atoms with Gasteiger partial charge in [-0.3, -0.25) is 4.79 Å². The van der Waals surface area contributed by atoms with Gasteiger partial charge in [0.25, 0.3) is 0 Å². The van der Waals surface area contributed by atoms with Gasteiger partial charge in [-0.1, -0.05) is 11.6 Å². The maximum atomic E-state index is 12.1. The molecule has 4 rings (SSSR count). The van der Waals surface area contributed by atoms with Gasteiger partial charge in [0, 0.05) is 28.6 Å². The second-order valence-electron chi connectivity index (χ2n) is 6.02. The van der Waals surface area contributed by atoms with Crippen molar-refractivity contribution < 1.29 is 13.6 Å². The number of rotatable bonds is 3. The number of aryl methyl sites for hydroxylation is 1. The minimum atomic E-state index is -0.404. The maximum Gasteiger partial charge on any atom is 0.336 e. The largest absolute Gasteiger partial charge is 0.457 e. The van der Waals surface area contributed by atoms with E-state index in [-0.39, 0.29) is 5.91 Å². The predicted octanol–water partition coefficient (Wildman–Crippen LogP) is 4.50. The summed E-state index contributed by atoms with van der Waals surface area (Å²) >= 11 is 0. The Labute approximate surface area is 148 Å². The van der Waals surface area contributed by atoms with Crippen LogP contribution in [-0.4, -0.2) is 5.91 Å². The Morgan fingerprint density at radius 1 is 0.923 bits per heavy atom. The van der Waals surface area contributed by atoms with E-state index in [1.165, 1.54) is 12.1 Å². The SMILES string of the molecule is Cc1ccc2oc(/C=C/C(=O)Nc3ccc4oc(=O)ccc4c3)cc2c1. The van der Waals surface area contributed by atoms with Crippen LogP contribution in [0.25, 0.3) is 28.0 Å². The number of nitrogens with one attached hydrogen (secondary N) is 1. The summed E-state index contributed by atoms with van der Waals surface area (Å²) in [6, 6.07) is 15.9. The zero-order valence-electron chi connectivity index (χ0n) is 14.0. The number of hydrogen-bond acceptors (Lipinski definition) is 4. The van der Waals surface area contributed by atoms with E-state index in [2.05, 4.69) is 5.32 Å². The molecule has 0 bridgehead atoms. The smallest absolute Gasteiger partial charge is 0.336 e. The van der Waals surface area contributed by atoms with Crippen LogP contribution >= 0.6 is 0 Å². The Bertz CT molecular complexity index is 1210. The first-order valence-corrected chi connectivity index (χ1v) is 8.10. The Morgan fingerprint density at radius 3 is 2.62 bits per heavy atom. The van der Waals surface area contributed by atoms with Crippen molar-refractivity contribution in [2.75, 3.05) is 5.32 Å². The molecule has 5 heteroatoms. The third kappa shape index (κ3) is 3.28. The number of furan rings is 1. The molecule has 0 unspecified atom stereocenters. The molecule has 1 amide bonds. The van der Waals surface area contributed by atoms with Crippen LogP contribution in [0.15, 0.2) is 74.3 Å². The first-order chi connectivity index (χ1) is 12.6. The highest BCUT2D eigenvalue weighted by Crippen LogP contribution is 2.22. The molecule has 0 aliphatic heterocycles. The highest BCUT2D eigenvalue weighted by atomic mass is 16.4. The molecule has 2 aromatic heterocycles. The second kappa shape index (κ2) is 6.37. The van der Waals surface area contributed by atoms with Gasteiger partial charge in [-0.15, -0.1) is 0 Å². The average molecular weight is 345 g/mol. The number of hydrogen-bond donors (Lipinski definition) is 1. The van der Waals surface area contributed by atoms with E-state index in [1.54, 1.807) is 30.3 Å². The average Bonchev–Trinajstić information content (AvgIpc) is 3.02. The molecule has 0 aliphatic rings. The summed E-state index contributed by atoms with van der Waals surface area (Å²) in [4.78, 5) is 23.3. The summed E-state index contributed by atoms with van der Waals surface area (Å²) < 4.78 is 10.8. The van der Waals surface area contributed by atoms with Crippen molar-refractivity contribution in [3.63, 3.8) is 0 Å². The van der Waals surface area contributed by atoms with Crippen LogP contribution < -0.4 is 10.9 Å². The van der Waals surface area contributed by atoms with Crippen molar-refractivity contribution in [3.8, 4) is 0 Å². The van der Waals surface area contributed by atoms with Gasteiger partial charge in [-0.25, -0.2) is 4.79 Å². The first-order valence-electron chi connectivity index (χ1n) is 8.10. The Kier molecular flexibility index (Phi) is 3.89. The number of anilines is 1. The maximum absolute atomic E-state index is 12.1. The molecule has 4 aromatic rings. The highest BCUT2D eigenvalue weighted by Gasteiger charge is 2.04. The monoisotopic (exact) mass is 345 g/mol. The number of fused-ring (bicyclic) bond motifs is 2. The normalized spacial score (nSPS) is 11.4. The van der Waals surface area contributed by atoms with Gasteiger partial charge >= 0.3 is 5.63 Å². The van der Waals surface area contributed by atoms with Crippen LogP contribution in [0.2, 0.25) is 0 Å². The molecule has 0 atom stereocenters. The summed E-state index contributed by atoms with van der Waals surface area (Å²) in [7, 11) is 0. The minimum Gasteiger partial charge on any atom is -0.457 e. The van der Waals surface area contributed by atoms with E-state index >= 15 is 0 Å². The fraction of sp³-hybridized carbons (Fsp3) is 0.0476. The van der Waals surface area contributed by atoms with E-state index in [9.17, 15) is 9.59 Å². The van der Waals surface area contributed by atoms with Gasteiger partial charge in [0.05, 0.1) is 0 Å². The molecule has 2 aromatic carbocycles. The molecule has 0 saturated carbocycles. The quantitative estimate of drug-likeness (QED) is 0.438. The standard InChI is InChI=1S/C21H15NO4/c1-13-2-6-19-15(10-13)12-17(25-19)5-8-20(23)22-16-4-7-18-14(11-16)3-9-21(24)26-18/h2-12H,1H3,(H,22,23)/b8-5+. The summed E-state index contributed by atoms with van der Waals surface area (Å²) in [6.07, 6.45) is 3.05. The summed E-state index contributed by atoms with van der Waals surface area (Å²) in [5, 5.41) is 4.51. The molecule has 5 nitrogen and oxygen atoms in total. The van der Waals surface area contributed by atoms with E-state index in [0.717, 1.165) is 21.9 Å². The van der Waals surface area contributed by atoms with Crippen molar-refractivity contribution in [2.24, 2.45) is 0 Å². The van der Waals surface area contributed by atoms with Crippen molar-refractivity contribution in [2.45, 2.75) is 6.92 Å². The lowest BCUT2D eigenvalue weighted by molar-refractivity contribution is -0.111. The van der Waals surface area contributed by atoms with Crippen LogP contribution in [0, 0.1) is 6.92 Å². The number of carbonyl (C=O) groups is 1. The lowest BCUT2D eigenvalue weighted by Crippen LogP contribution is -2.07. The molecule has 0 saturated heterocycles. The van der Waals surface area contributed by atoms with Gasteiger partial charge < -0.3 is 14.2 Å². The fourth-order valence-electron chi connectivity index (χ4n) is 2.76. The molecule has 128 valence electrons. The zero-order valence-corrected chi connectivity index (χ0v) is 14.0. The lowest BCUT2D eigenvalue weighted by atomic mass is 10.2. The number of amides is 1. The fourth-order valence-corrected chi connectivity index (χ4v) is 2.76. The Balaban J connectivity index is 1.51. The van der Waals surface area contributed by atoms with Gasteiger partial charge in [-0.2, -0.15) is 0 Å². The van der Waals surface area contributed by atoms with Crippen LogP contribution in [0.4, 0.5) is 5.69 Å². The van der Waals surface area contributed by atoms with Crippen molar-refractivity contribution >= 4 is 39.6 Å². The van der Waals surface area contributed by atoms with Gasteiger partial charge in [0.1, 0.15) is 16.9 Å². The molecule has 0 radical (unpaired) electrons. The lowest BCUT2D eigenvalue weighted by Gasteiger charge is -2.03. The topological polar surface area (TPSA) is 72.5 Å². The molecule has 0 spiro atoms. The number of benzene rings is 2. The molecule has 0 fully saturated rings. The summed E-state index contributed by atoms with van der Waals surface area (Å²) in [5.41, 5.74) is 2.62. The van der Waals surface area contributed by atoms with E-state index in [0.29, 0.717) is 17.0 Å². The Hall–Kier alpha value is -3.60. The minimum absolute atomic E-state index is 0.279.